The highest BCUT2D eigenvalue weighted by molar-refractivity contribution is 5.98. The van der Waals surface area contributed by atoms with Crippen LogP contribution in [-0.2, 0) is 12.8 Å². The molecule has 0 amide bonds. The minimum Gasteiger partial charge on any atom is -0.507 e. The number of rotatable bonds is 19. The van der Waals surface area contributed by atoms with Crippen LogP contribution in [-0.4, -0.2) is 124 Å². The minimum atomic E-state index is -0.290. The predicted octanol–water partition coefficient (Wildman–Crippen LogP) is 7.27. The largest absolute Gasteiger partial charge is 0.507 e. The predicted molar refractivity (Wildman–Crippen MR) is 221 cm³/mol. The Balaban J connectivity index is 1.40. The number of piperazine rings is 2. The molecule has 54 heavy (non-hydrogen) atoms. The monoisotopic (exact) mass is 746 g/mol. The first-order valence-electron chi connectivity index (χ1n) is 20.4. The van der Waals surface area contributed by atoms with Crippen LogP contribution in [0.4, 0.5) is 0 Å². The van der Waals surface area contributed by atoms with Crippen LogP contribution < -0.4 is 19.6 Å². The summed E-state index contributed by atoms with van der Waals surface area (Å²) in [5.41, 5.74) is 3.93. The minimum absolute atomic E-state index is 0.0898. The normalized spacial score (nSPS) is 16.2. The molecule has 0 saturated carbocycles. The summed E-state index contributed by atoms with van der Waals surface area (Å²) in [7, 11) is 1.61. The van der Waals surface area contributed by atoms with Gasteiger partial charge in [0.1, 0.15) is 28.1 Å². The van der Waals surface area contributed by atoms with Crippen LogP contribution in [0.3, 0.4) is 0 Å². The summed E-state index contributed by atoms with van der Waals surface area (Å²) in [6.07, 6.45) is 8.88. The molecule has 0 bridgehead atoms. The molecule has 10 nitrogen and oxygen atoms in total. The molecule has 2 aliphatic heterocycles. The van der Waals surface area contributed by atoms with Gasteiger partial charge in [-0.1, -0.05) is 37.1 Å². The van der Waals surface area contributed by atoms with Gasteiger partial charge < -0.3 is 43.3 Å². The average Bonchev–Trinajstić information content (AvgIpc) is 3.16. The molecular formula is C44H66N4O6. The molecule has 0 radical (unpaired) electrons. The van der Waals surface area contributed by atoms with Crippen molar-refractivity contribution in [1.82, 2.24) is 19.6 Å². The number of ether oxygens (including phenoxy) is 3. The fourth-order valence-corrected chi connectivity index (χ4v) is 7.56. The van der Waals surface area contributed by atoms with E-state index in [1.54, 1.807) is 19.2 Å². The smallest absolute Gasteiger partial charge is 0.204 e. The number of unbranched alkanes of at least 4 members (excludes halogenated alkanes) is 2. The number of likely N-dealkylation sites (N-methyl/N-ethyl adjacent to an activating group) is 2. The van der Waals surface area contributed by atoms with Crippen molar-refractivity contribution in [3.63, 3.8) is 0 Å². The quantitative estimate of drug-likeness (QED) is 0.0768. The van der Waals surface area contributed by atoms with E-state index in [9.17, 15) is 9.90 Å². The SMILES string of the molecule is CCN1CCN(CCCCOc2cc3oc4cc(OCCCCN5CCN(CC)CC5)c(OC)c(CC=C(C)C)c4c(=O)c3c(O)c2CC=C(C)C)CC1. The number of nitrogens with zero attached hydrogens (tertiary/aromatic N) is 4. The highest BCUT2D eigenvalue weighted by atomic mass is 16.5. The average molecular weight is 747 g/mol. The van der Waals surface area contributed by atoms with Gasteiger partial charge in [-0.15, -0.1) is 0 Å². The number of aromatic hydroxyl groups is 1. The third-order valence-electron chi connectivity index (χ3n) is 11.0. The van der Waals surface area contributed by atoms with Gasteiger partial charge in [0.15, 0.2) is 11.5 Å². The number of hydrogen-bond donors (Lipinski definition) is 1. The molecule has 2 aromatic carbocycles. The second kappa shape index (κ2) is 20.4. The van der Waals surface area contributed by atoms with Crippen LogP contribution in [0.15, 0.2) is 44.6 Å². The van der Waals surface area contributed by atoms with Crippen molar-refractivity contribution in [2.24, 2.45) is 0 Å². The molecular weight excluding hydrogens is 681 g/mol. The molecule has 1 aromatic heterocycles. The Bertz CT molecular complexity index is 1790. The van der Waals surface area contributed by atoms with Crippen molar-refractivity contribution < 1.29 is 23.7 Å². The fraction of sp³-hybridized carbons (Fsp3) is 0.614. The first-order chi connectivity index (χ1) is 26.1. The summed E-state index contributed by atoms with van der Waals surface area (Å²) in [5, 5.41) is 12.4. The Morgan fingerprint density at radius 1 is 0.685 bits per heavy atom. The van der Waals surface area contributed by atoms with Gasteiger partial charge in [-0.05, 0) is 92.4 Å². The van der Waals surface area contributed by atoms with Crippen molar-refractivity contribution in [3.05, 3.63) is 56.8 Å². The molecule has 0 unspecified atom stereocenters. The number of phenols is 1. The van der Waals surface area contributed by atoms with Crippen molar-refractivity contribution in [1.29, 1.82) is 0 Å². The van der Waals surface area contributed by atoms with Crippen LogP contribution in [0.1, 0.15) is 78.4 Å². The molecule has 0 aliphatic carbocycles. The number of methoxy groups -OCH3 is 1. The van der Waals surface area contributed by atoms with E-state index in [-0.39, 0.29) is 16.6 Å². The van der Waals surface area contributed by atoms with Crippen LogP contribution in [0.5, 0.6) is 23.0 Å². The van der Waals surface area contributed by atoms with Gasteiger partial charge in [0.2, 0.25) is 5.43 Å². The number of phenolic OH excluding ortho intramolecular Hbond substituents is 1. The third-order valence-corrected chi connectivity index (χ3v) is 11.0. The van der Waals surface area contributed by atoms with E-state index in [0.29, 0.717) is 71.0 Å². The number of benzene rings is 2. The number of fused-ring (bicyclic) bond motifs is 2. The molecule has 2 aliphatic rings. The summed E-state index contributed by atoms with van der Waals surface area (Å²) >= 11 is 0. The maximum absolute atomic E-state index is 14.5. The lowest BCUT2D eigenvalue weighted by Gasteiger charge is -2.33. The summed E-state index contributed by atoms with van der Waals surface area (Å²) in [6, 6.07) is 3.56. The van der Waals surface area contributed by atoms with Gasteiger partial charge in [-0.2, -0.15) is 0 Å². The molecule has 0 atom stereocenters. The van der Waals surface area contributed by atoms with Crippen molar-refractivity contribution >= 4 is 21.9 Å². The van der Waals surface area contributed by atoms with E-state index in [0.717, 1.165) is 115 Å². The molecule has 2 saturated heterocycles. The maximum atomic E-state index is 14.5. The highest BCUT2D eigenvalue weighted by Gasteiger charge is 2.25. The summed E-state index contributed by atoms with van der Waals surface area (Å²) in [4.78, 5) is 24.6. The van der Waals surface area contributed by atoms with E-state index in [1.165, 1.54) is 0 Å². The zero-order valence-corrected chi connectivity index (χ0v) is 34.2. The zero-order valence-electron chi connectivity index (χ0n) is 34.2. The van der Waals surface area contributed by atoms with Gasteiger partial charge in [-0.25, -0.2) is 0 Å². The van der Waals surface area contributed by atoms with Gasteiger partial charge in [0.25, 0.3) is 0 Å². The first kappa shape index (κ1) is 41.6. The van der Waals surface area contributed by atoms with E-state index < -0.39 is 0 Å². The maximum Gasteiger partial charge on any atom is 0.204 e. The zero-order chi connectivity index (χ0) is 38.6. The van der Waals surface area contributed by atoms with E-state index in [4.69, 9.17) is 18.6 Å². The molecule has 0 spiro atoms. The van der Waals surface area contributed by atoms with Crippen molar-refractivity contribution in [3.8, 4) is 23.0 Å². The summed E-state index contributed by atoms with van der Waals surface area (Å²) in [6.45, 7) is 26.9. The Morgan fingerprint density at radius 3 is 1.65 bits per heavy atom. The molecule has 10 heteroatoms. The summed E-state index contributed by atoms with van der Waals surface area (Å²) in [5.74, 6) is 1.53. The van der Waals surface area contributed by atoms with Crippen LogP contribution in [0, 0.1) is 0 Å². The van der Waals surface area contributed by atoms with Crippen molar-refractivity contribution in [2.45, 2.75) is 80.1 Å². The fourth-order valence-electron chi connectivity index (χ4n) is 7.56. The van der Waals surface area contributed by atoms with Crippen molar-refractivity contribution in [2.75, 3.05) is 98.9 Å². The van der Waals surface area contributed by atoms with Gasteiger partial charge >= 0.3 is 0 Å². The highest BCUT2D eigenvalue weighted by Crippen LogP contribution is 2.42. The van der Waals surface area contributed by atoms with E-state index in [2.05, 4.69) is 39.5 Å². The topological polar surface area (TPSA) is 91.1 Å². The third kappa shape index (κ3) is 10.8. The van der Waals surface area contributed by atoms with Crippen LogP contribution in [0.2, 0.25) is 0 Å². The lowest BCUT2D eigenvalue weighted by Crippen LogP contribution is -2.46. The Hall–Kier alpha value is -3.57. The lowest BCUT2D eigenvalue weighted by atomic mass is 9.98. The number of allylic oxidation sites excluding steroid dienone is 4. The molecule has 3 heterocycles. The number of hydrogen-bond acceptors (Lipinski definition) is 10. The Labute approximate surface area is 323 Å². The van der Waals surface area contributed by atoms with Gasteiger partial charge in [-0.3, -0.25) is 4.79 Å². The molecule has 5 rings (SSSR count). The van der Waals surface area contributed by atoms with Crippen LogP contribution in [0.25, 0.3) is 21.9 Å². The lowest BCUT2D eigenvalue weighted by molar-refractivity contribution is 0.134. The molecule has 2 fully saturated rings. The molecule has 298 valence electrons. The van der Waals surface area contributed by atoms with Gasteiger partial charge in [0.05, 0.1) is 25.7 Å². The molecule has 3 aromatic rings. The Kier molecular flexibility index (Phi) is 15.7. The summed E-state index contributed by atoms with van der Waals surface area (Å²) < 4.78 is 25.3. The van der Waals surface area contributed by atoms with E-state index >= 15 is 0 Å². The standard InChI is InChI=1S/C44H66N4O6/c1-8-45-20-24-47(25-21-45)18-10-12-28-52-36-30-38-41(42(49)34(36)16-14-32(3)4)43(50)40-35(17-15-33(5)6)44(51-7)39(31-37(40)54-38)53-29-13-11-19-48-26-22-46(9-2)23-27-48/h14-15,30-31,49H,8-13,16-29H2,1-7H3. The second-order valence-electron chi connectivity index (χ2n) is 15.4. The molecule has 1 N–H and O–H groups in total. The second-order valence-corrected chi connectivity index (χ2v) is 15.4. The van der Waals surface area contributed by atoms with Gasteiger partial charge in [0, 0.05) is 75.6 Å². The Morgan fingerprint density at radius 2 is 1.15 bits per heavy atom. The van der Waals surface area contributed by atoms with Crippen LogP contribution >= 0.6 is 0 Å². The van der Waals surface area contributed by atoms with E-state index in [1.807, 2.05) is 33.8 Å². The first-order valence-corrected chi connectivity index (χ1v) is 20.4.